The topological polar surface area (TPSA) is 29.1 Å². The molecule has 1 aliphatic carbocycles. The van der Waals surface area contributed by atoms with Crippen LogP contribution in [0.15, 0.2) is 0 Å². The smallest absolute Gasteiger partial charge is 0.217 e. The highest BCUT2D eigenvalue weighted by Crippen LogP contribution is 2.49. The highest BCUT2D eigenvalue weighted by atomic mass is 16.1. The molecule has 1 N–H and O–H groups in total. The molecule has 0 saturated heterocycles. The maximum atomic E-state index is 11.1. The summed E-state index contributed by atoms with van der Waals surface area (Å²) in [5, 5.41) is 3.10. The van der Waals surface area contributed by atoms with Crippen LogP contribution in [0.25, 0.3) is 0 Å². The maximum absolute atomic E-state index is 11.1. The minimum Gasteiger partial charge on any atom is -0.351 e. The molecule has 1 amide bonds. The minimum absolute atomic E-state index is 0.0156. The van der Waals surface area contributed by atoms with Crippen molar-refractivity contribution in [1.29, 1.82) is 0 Å². The summed E-state index contributed by atoms with van der Waals surface area (Å²) < 4.78 is 0. The third kappa shape index (κ3) is 1.59. The number of carbonyl (C=O) groups is 1. The normalized spacial score (nSPS) is 37.5. The summed E-state index contributed by atoms with van der Waals surface area (Å²) in [6, 6.07) is 0. The van der Waals surface area contributed by atoms with Crippen LogP contribution in [0.2, 0.25) is 0 Å². The van der Waals surface area contributed by atoms with E-state index in [-0.39, 0.29) is 16.9 Å². The number of hydrogen-bond donors (Lipinski definition) is 1. The highest BCUT2D eigenvalue weighted by molar-refractivity contribution is 5.74. The number of carbonyl (C=O) groups excluding carboxylic acids is 1. The number of rotatable bonds is 1. The SMILES string of the molecule is CC(=O)NC1(C)CCC(C)C1(C)C. The van der Waals surface area contributed by atoms with Gasteiger partial charge in [0.2, 0.25) is 5.91 Å². The second kappa shape index (κ2) is 3.00. The van der Waals surface area contributed by atoms with E-state index in [1.807, 2.05) is 0 Å². The van der Waals surface area contributed by atoms with Crippen LogP contribution < -0.4 is 5.32 Å². The fraction of sp³-hybridized carbons (Fsp3) is 0.909. The fourth-order valence-electron chi connectivity index (χ4n) is 2.34. The number of hydrogen-bond acceptors (Lipinski definition) is 1. The molecular formula is C11H21NO. The summed E-state index contributed by atoms with van der Waals surface area (Å²) in [5.41, 5.74) is 0.191. The van der Waals surface area contributed by atoms with Crippen LogP contribution in [-0.2, 0) is 4.79 Å². The van der Waals surface area contributed by atoms with Crippen molar-refractivity contribution in [1.82, 2.24) is 5.32 Å². The molecule has 1 rings (SSSR count). The summed E-state index contributed by atoms with van der Waals surface area (Å²) in [5.74, 6) is 0.772. The first-order valence-corrected chi connectivity index (χ1v) is 5.08. The Balaban J connectivity index is 2.85. The summed E-state index contributed by atoms with van der Waals surface area (Å²) in [7, 11) is 0. The first-order valence-electron chi connectivity index (χ1n) is 5.08. The van der Waals surface area contributed by atoms with Gasteiger partial charge in [-0.15, -0.1) is 0 Å². The van der Waals surface area contributed by atoms with Crippen LogP contribution in [0, 0.1) is 11.3 Å². The Kier molecular flexibility index (Phi) is 2.44. The van der Waals surface area contributed by atoms with Crippen LogP contribution >= 0.6 is 0 Å². The second-order valence-corrected chi connectivity index (χ2v) is 5.17. The van der Waals surface area contributed by atoms with Gasteiger partial charge in [-0.3, -0.25) is 4.79 Å². The van der Waals surface area contributed by atoms with E-state index in [0.29, 0.717) is 5.92 Å². The van der Waals surface area contributed by atoms with Gasteiger partial charge in [0.1, 0.15) is 0 Å². The van der Waals surface area contributed by atoms with Crippen molar-refractivity contribution in [2.75, 3.05) is 0 Å². The van der Waals surface area contributed by atoms with E-state index in [9.17, 15) is 4.79 Å². The van der Waals surface area contributed by atoms with E-state index in [1.165, 1.54) is 6.42 Å². The van der Waals surface area contributed by atoms with Crippen LogP contribution in [0.5, 0.6) is 0 Å². The Morgan fingerprint density at radius 3 is 2.23 bits per heavy atom. The molecule has 2 nitrogen and oxygen atoms in total. The van der Waals surface area contributed by atoms with Crippen molar-refractivity contribution in [3.8, 4) is 0 Å². The van der Waals surface area contributed by atoms with E-state index in [4.69, 9.17) is 0 Å². The summed E-state index contributed by atoms with van der Waals surface area (Å²) >= 11 is 0. The Hall–Kier alpha value is -0.530. The Labute approximate surface area is 81.1 Å². The summed E-state index contributed by atoms with van der Waals surface area (Å²) in [6.45, 7) is 10.5. The summed E-state index contributed by atoms with van der Waals surface area (Å²) in [6.07, 6.45) is 2.31. The van der Waals surface area contributed by atoms with E-state index in [2.05, 4.69) is 33.0 Å². The molecule has 0 aromatic carbocycles. The minimum atomic E-state index is -0.0156. The molecule has 2 heteroatoms. The van der Waals surface area contributed by atoms with Crippen LogP contribution in [-0.4, -0.2) is 11.4 Å². The van der Waals surface area contributed by atoms with Gasteiger partial charge in [0, 0.05) is 12.5 Å². The first kappa shape index (κ1) is 10.6. The molecule has 2 atom stereocenters. The lowest BCUT2D eigenvalue weighted by Gasteiger charge is -2.41. The van der Waals surface area contributed by atoms with Crippen molar-refractivity contribution in [2.45, 2.75) is 53.0 Å². The van der Waals surface area contributed by atoms with Crippen molar-refractivity contribution in [3.63, 3.8) is 0 Å². The van der Waals surface area contributed by atoms with Gasteiger partial charge in [-0.25, -0.2) is 0 Å². The lowest BCUT2D eigenvalue weighted by Crippen LogP contribution is -2.53. The molecule has 1 saturated carbocycles. The predicted octanol–water partition coefficient (Wildman–Crippen LogP) is 2.34. The van der Waals surface area contributed by atoms with Crippen LogP contribution in [0.3, 0.4) is 0 Å². The second-order valence-electron chi connectivity index (χ2n) is 5.17. The van der Waals surface area contributed by atoms with Crippen molar-refractivity contribution >= 4 is 5.91 Å². The monoisotopic (exact) mass is 183 g/mol. The standard InChI is InChI=1S/C11H21NO/c1-8-6-7-11(5,10(8,3)4)12-9(2)13/h8H,6-7H2,1-5H3,(H,12,13). The zero-order valence-electron chi connectivity index (χ0n) is 9.40. The average Bonchev–Trinajstić information content (AvgIpc) is 2.13. The highest BCUT2D eigenvalue weighted by Gasteiger charge is 2.49. The van der Waals surface area contributed by atoms with Crippen LogP contribution in [0.4, 0.5) is 0 Å². The maximum Gasteiger partial charge on any atom is 0.217 e. The zero-order valence-corrected chi connectivity index (χ0v) is 9.40. The predicted molar refractivity (Wildman–Crippen MR) is 54.4 cm³/mol. The third-order valence-corrected chi connectivity index (χ3v) is 4.18. The molecule has 0 aromatic rings. The number of nitrogens with one attached hydrogen (secondary N) is 1. The van der Waals surface area contributed by atoms with Crippen molar-refractivity contribution in [3.05, 3.63) is 0 Å². The zero-order chi connectivity index (χ0) is 10.3. The van der Waals surface area contributed by atoms with Gasteiger partial charge in [0.15, 0.2) is 0 Å². The van der Waals surface area contributed by atoms with Gasteiger partial charge in [-0.1, -0.05) is 20.8 Å². The van der Waals surface area contributed by atoms with Gasteiger partial charge < -0.3 is 5.32 Å². The molecule has 76 valence electrons. The lowest BCUT2D eigenvalue weighted by atomic mass is 9.72. The van der Waals surface area contributed by atoms with E-state index >= 15 is 0 Å². The van der Waals surface area contributed by atoms with E-state index in [1.54, 1.807) is 6.92 Å². The molecule has 13 heavy (non-hydrogen) atoms. The quantitative estimate of drug-likeness (QED) is 0.664. The first-order chi connectivity index (χ1) is 5.79. The van der Waals surface area contributed by atoms with Crippen molar-refractivity contribution in [2.24, 2.45) is 11.3 Å². The molecule has 1 fully saturated rings. The molecule has 0 heterocycles. The number of amides is 1. The lowest BCUT2D eigenvalue weighted by molar-refractivity contribution is -0.122. The molecule has 0 radical (unpaired) electrons. The third-order valence-electron chi connectivity index (χ3n) is 4.18. The van der Waals surface area contributed by atoms with Gasteiger partial charge >= 0.3 is 0 Å². The molecular weight excluding hydrogens is 162 g/mol. The Morgan fingerprint density at radius 2 is 1.92 bits per heavy atom. The Morgan fingerprint density at radius 1 is 1.38 bits per heavy atom. The molecule has 2 unspecified atom stereocenters. The van der Waals surface area contributed by atoms with Gasteiger partial charge in [0.05, 0.1) is 0 Å². The van der Waals surface area contributed by atoms with E-state index in [0.717, 1.165) is 6.42 Å². The van der Waals surface area contributed by atoms with Gasteiger partial charge in [0.25, 0.3) is 0 Å². The summed E-state index contributed by atoms with van der Waals surface area (Å²) in [4.78, 5) is 11.1. The van der Waals surface area contributed by atoms with E-state index < -0.39 is 0 Å². The van der Waals surface area contributed by atoms with Gasteiger partial charge in [-0.05, 0) is 31.1 Å². The van der Waals surface area contributed by atoms with Crippen LogP contribution in [0.1, 0.15) is 47.5 Å². The molecule has 0 aliphatic heterocycles. The molecule has 0 bridgehead atoms. The molecule has 0 aromatic heterocycles. The molecule has 1 aliphatic rings. The Bertz CT molecular complexity index is 222. The average molecular weight is 183 g/mol. The van der Waals surface area contributed by atoms with Gasteiger partial charge in [-0.2, -0.15) is 0 Å². The molecule has 0 spiro atoms. The largest absolute Gasteiger partial charge is 0.351 e. The van der Waals surface area contributed by atoms with Crippen molar-refractivity contribution < 1.29 is 4.79 Å². The fourth-order valence-corrected chi connectivity index (χ4v) is 2.34.